The molecule has 0 aromatic heterocycles. The molecular formula is C19H24N2O. The standard InChI is InChI=1S/C19H24N2O/c1-15-7-3-4-8-16(15)19(21-13-11-20-12-14-21)17-9-5-6-10-18(17)22-2/h3-10,19-20H,11-14H2,1-2H3. The van der Waals surface area contributed by atoms with E-state index in [2.05, 4.69) is 59.6 Å². The van der Waals surface area contributed by atoms with Crippen LogP contribution in [-0.4, -0.2) is 38.2 Å². The van der Waals surface area contributed by atoms with Crippen LogP contribution in [0.1, 0.15) is 22.7 Å². The van der Waals surface area contributed by atoms with Crippen molar-refractivity contribution in [3.05, 3.63) is 65.2 Å². The van der Waals surface area contributed by atoms with E-state index >= 15 is 0 Å². The summed E-state index contributed by atoms with van der Waals surface area (Å²) in [5, 5.41) is 3.44. The number of ether oxygens (including phenoxy) is 1. The first-order valence-corrected chi connectivity index (χ1v) is 7.94. The second-order valence-corrected chi connectivity index (χ2v) is 5.79. The lowest BCUT2D eigenvalue weighted by molar-refractivity contribution is 0.195. The van der Waals surface area contributed by atoms with Crippen LogP contribution in [0.25, 0.3) is 0 Å². The molecule has 0 spiro atoms. The summed E-state index contributed by atoms with van der Waals surface area (Å²) in [5.41, 5.74) is 3.95. The average molecular weight is 296 g/mol. The van der Waals surface area contributed by atoms with Crippen molar-refractivity contribution in [2.24, 2.45) is 0 Å². The molecule has 3 heteroatoms. The third kappa shape index (κ3) is 3.01. The summed E-state index contributed by atoms with van der Waals surface area (Å²) in [7, 11) is 1.76. The Bertz CT molecular complexity index is 620. The van der Waals surface area contributed by atoms with E-state index in [-0.39, 0.29) is 6.04 Å². The van der Waals surface area contributed by atoms with Gasteiger partial charge in [-0.1, -0.05) is 42.5 Å². The zero-order valence-electron chi connectivity index (χ0n) is 13.4. The number of nitrogens with one attached hydrogen (secondary N) is 1. The summed E-state index contributed by atoms with van der Waals surface area (Å²) in [6, 6.07) is 17.3. The second-order valence-electron chi connectivity index (χ2n) is 5.79. The van der Waals surface area contributed by atoms with Gasteiger partial charge in [-0.05, 0) is 24.1 Å². The third-order valence-electron chi connectivity index (χ3n) is 4.43. The number of piperazine rings is 1. The molecule has 1 atom stereocenters. The Morgan fingerprint density at radius 3 is 2.27 bits per heavy atom. The Hall–Kier alpha value is -1.84. The average Bonchev–Trinajstić information content (AvgIpc) is 2.58. The highest BCUT2D eigenvalue weighted by atomic mass is 16.5. The molecule has 22 heavy (non-hydrogen) atoms. The molecule has 1 N–H and O–H groups in total. The van der Waals surface area contributed by atoms with Crippen molar-refractivity contribution < 1.29 is 4.74 Å². The summed E-state index contributed by atoms with van der Waals surface area (Å²) in [6.45, 7) is 6.38. The summed E-state index contributed by atoms with van der Waals surface area (Å²) >= 11 is 0. The molecule has 1 fully saturated rings. The molecule has 1 unspecified atom stereocenters. The van der Waals surface area contributed by atoms with Gasteiger partial charge in [-0.15, -0.1) is 0 Å². The molecule has 0 aliphatic carbocycles. The van der Waals surface area contributed by atoms with Gasteiger partial charge >= 0.3 is 0 Å². The quantitative estimate of drug-likeness (QED) is 0.938. The molecule has 0 saturated carbocycles. The van der Waals surface area contributed by atoms with Crippen LogP contribution in [0.4, 0.5) is 0 Å². The van der Waals surface area contributed by atoms with Gasteiger partial charge in [0.25, 0.3) is 0 Å². The van der Waals surface area contributed by atoms with Crippen molar-refractivity contribution >= 4 is 0 Å². The maximum absolute atomic E-state index is 5.64. The highest BCUT2D eigenvalue weighted by molar-refractivity contribution is 5.44. The third-order valence-corrected chi connectivity index (χ3v) is 4.43. The van der Waals surface area contributed by atoms with Gasteiger partial charge in [0.2, 0.25) is 0 Å². The zero-order chi connectivity index (χ0) is 15.4. The summed E-state index contributed by atoms with van der Waals surface area (Å²) in [4.78, 5) is 2.55. The zero-order valence-corrected chi connectivity index (χ0v) is 13.4. The number of aryl methyl sites for hydroxylation is 1. The number of hydrogen-bond acceptors (Lipinski definition) is 3. The molecule has 1 aliphatic heterocycles. The first-order chi connectivity index (χ1) is 10.8. The molecule has 1 aliphatic rings. The maximum atomic E-state index is 5.64. The lowest BCUT2D eigenvalue weighted by Crippen LogP contribution is -2.45. The van der Waals surface area contributed by atoms with Gasteiger partial charge in [0.15, 0.2) is 0 Å². The lowest BCUT2D eigenvalue weighted by atomic mass is 9.92. The van der Waals surface area contributed by atoms with E-state index in [0.717, 1.165) is 31.9 Å². The Morgan fingerprint density at radius 1 is 0.955 bits per heavy atom. The van der Waals surface area contributed by atoms with Gasteiger partial charge < -0.3 is 10.1 Å². The van der Waals surface area contributed by atoms with Gasteiger partial charge in [0.1, 0.15) is 5.75 Å². The maximum Gasteiger partial charge on any atom is 0.123 e. The number of benzene rings is 2. The fraction of sp³-hybridized carbons (Fsp3) is 0.368. The smallest absolute Gasteiger partial charge is 0.123 e. The molecule has 0 amide bonds. The van der Waals surface area contributed by atoms with Crippen molar-refractivity contribution in [3.8, 4) is 5.75 Å². The Kier molecular flexibility index (Phi) is 4.76. The van der Waals surface area contributed by atoms with Crippen LogP contribution in [-0.2, 0) is 0 Å². The van der Waals surface area contributed by atoms with E-state index in [1.54, 1.807) is 7.11 Å². The van der Waals surface area contributed by atoms with Gasteiger partial charge in [0.05, 0.1) is 13.2 Å². The largest absolute Gasteiger partial charge is 0.496 e. The molecular weight excluding hydrogens is 272 g/mol. The van der Waals surface area contributed by atoms with E-state index in [9.17, 15) is 0 Å². The minimum Gasteiger partial charge on any atom is -0.496 e. The van der Waals surface area contributed by atoms with Crippen LogP contribution in [0.3, 0.4) is 0 Å². The molecule has 2 aromatic carbocycles. The molecule has 0 radical (unpaired) electrons. The summed E-state index contributed by atoms with van der Waals surface area (Å²) < 4.78 is 5.64. The van der Waals surface area contributed by atoms with Crippen LogP contribution in [0.5, 0.6) is 5.75 Å². The second kappa shape index (κ2) is 6.95. The number of methoxy groups -OCH3 is 1. The van der Waals surface area contributed by atoms with Crippen LogP contribution < -0.4 is 10.1 Å². The fourth-order valence-electron chi connectivity index (χ4n) is 3.29. The molecule has 3 rings (SSSR count). The predicted octanol–water partition coefficient (Wildman–Crippen LogP) is 3.00. The highest BCUT2D eigenvalue weighted by Gasteiger charge is 2.27. The Balaban J connectivity index is 2.08. The van der Waals surface area contributed by atoms with Crippen molar-refractivity contribution in [1.82, 2.24) is 10.2 Å². The van der Waals surface area contributed by atoms with Gasteiger partial charge in [-0.2, -0.15) is 0 Å². The van der Waals surface area contributed by atoms with E-state index in [1.807, 2.05) is 6.07 Å². The van der Waals surface area contributed by atoms with Crippen molar-refractivity contribution in [3.63, 3.8) is 0 Å². The van der Waals surface area contributed by atoms with Gasteiger partial charge in [-0.3, -0.25) is 4.90 Å². The summed E-state index contributed by atoms with van der Waals surface area (Å²) in [5.74, 6) is 0.967. The van der Waals surface area contributed by atoms with Gasteiger partial charge in [-0.25, -0.2) is 0 Å². The van der Waals surface area contributed by atoms with Crippen LogP contribution in [0.2, 0.25) is 0 Å². The summed E-state index contributed by atoms with van der Waals surface area (Å²) in [6.07, 6.45) is 0. The molecule has 0 bridgehead atoms. The highest BCUT2D eigenvalue weighted by Crippen LogP contribution is 2.36. The molecule has 2 aromatic rings. The predicted molar refractivity (Wildman–Crippen MR) is 90.5 cm³/mol. The minimum absolute atomic E-state index is 0.249. The van der Waals surface area contributed by atoms with E-state index in [1.165, 1.54) is 16.7 Å². The van der Waals surface area contributed by atoms with E-state index < -0.39 is 0 Å². The SMILES string of the molecule is COc1ccccc1C(c1ccccc1C)N1CCNCC1. The van der Waals surface area contributed by atoms with E-state index in [4.69, 9.17) is 4.74 Å². The van der Waals surface area contributed by atoms with Gasteiger partial charge in [0, 0.05) is 31.7 Å². The topological polar surface area (TPSA) is 24.5 Å². The minimum atomic E-state index is 0.249. The van der Waals surface area contributed by atoms with Crippen molar-refractivity contribution in [2.45, 2.75) is 13.0 Å². The number of nitrogens with zero attached hydrogens (tertiary/aromatic N) is 1. The Morgan fingerprint density at radius 2 is 1.59 bits per heavy atom. The molecule has 1 saturated heterocycles. The molecule has 3 nitrogen and oxygen atoms in total. The first-order valence-electron chi connectivity index (χ1n) is 7.94. The number of rotatable bonds is 4. The van der Waals surface area contributed by atoms with Crippen molar-refractivity contribution in [1.29, 1.82) is 0 Å². The number of para-hydroxylation sites is 1. The van der Waals surface area contributed by atoms with E-state index in [0.29, 0.717) is 0 Å². The normalized spacial score (nSPS) is 17.2. The van der Waals surface area contributed by atoms with Crippen LogP contribution >= 0.6 is 0 Å². The molecule has 1 heterocycles. The van der Waals surface area contributed by atoms with Crippen LogP contribution in [0.15, 0.2) is 48.5 Å². The number of hydrogen-bond donors (Lipinski definition) is 1. The molecule has 116 valence electrons. The van der Waals surface area contributed by atoms with Crippen LogP contribution in [0, 0.1) is 6.92 Å². The first kappa shape index (κ1) is 15.1. The Labute approximate surface area is 132 Å². The van der Waals surface area contributed by atoms with Crippen molar-refractivity contribution in [2.75, 3.05) is 33.3 Å². The fourth-order valence-corrected chi connectivity index (χ4v) is 3.29. The monoisotopic (exact) mass is 296 g/mol. The lowest BCUT2D eigenvalue weighted by Gasteiger charge is -2.36.